The highest BCUT2D eigenvalue weighted by Gasteiger charge is 2.24. The summed E-state index contributed by atoms with van der Waals surface area (Å²) in [5.74, 6) is 0.245. The monoisotopic (exact) mass is 247 g/mol. The summed E-state index contributed by atoms with van der Waals surface area (Å²) in [4.78, 5) is 13.7. The molecule has 13 heavy (non-hydrogen) atoms. The van der Waals surface area contributed by atoms with E-state index in [-0.39, 0.29) is 10.7 Å². The first kappa shape index (κ1) is 11.0. The summed E-state index contributed by atoms with van der Waals surface area (Å²) >= 11 is 3.34. The highest BCUT2D eigenvalue weighted by molar-refractivity contribution is 9.10. The van der Waals surface area contributed by atoms with E-state index in [0.717, 1.165) is 19.4 Å². The minimum atomic E-state index is -0.0342. The van der Waals surface area contributed by atoms with Crippen molar-refractivity contribution in [3.8, 4) is 0 Å². The number of amides is 1. The van der Waals surface area contributed by atoms with Gasteiger partial charge in [0.2, 0.25) is 5.91 Å². The van der Waals surface area contributed by atoms with E-state index in [2.05, 4.69) is 22.9 Å². The number of likely N-dealkylation sites (tertiary alicyclic amines) is 1. The number of hydrogen-bond donors (Lipinski definition) is 0. The molecule has 0 N–H and O–H groups in total. The lowest BCUT2D eigenvalue weighted by Crippen LogP contribution is -2.41. The van der Waals surface area contributed by atoms with Gasteiger partial charge in [0.25, 0.3) is 0 Å². The van der Waals surface area contributed by atoms with Crippen molar-refractivity contribution < 1.29 is 4.79 Å². The second kappa shape index (κ2) is 4.99. The third-order valence-corrected chi connectivity index (χ3v) is 3.07. The lowest BCUT2D eigenvalue weighted by atomic mass is 10.1. The number of alkyl halides is 1. The SMILES string of the molecule is CC(Br)C(=O)N1CCCCCC1C. The van der Waals surface area contributed by atoms with Crippen molar-refractivity contribution in [3.63, 3.8) is 0 Å². The molecule has 1 saturated heterocycles. The fourth-order valence-electron chi connectivity index (χ4n) is 1.83. The molecule has 1 aliphatic rings. The summed E-state index contributed by atoms with van der Waals surface area (Å²) in [5.41, 5.74) is 0. The maximum absolute atomic E-state index is 11.7. The molecular formula is C10H18BrNO. The molecule has 1 fully saturated rings. The van der Waals surface area contributed by atoms with E-state index < -0.39 is 0 Å². The second-order valence-electron chi connectivity index (χ2n) is 3.85. The number of hydrogen-bond acceptors (Lipinski definition) is 1. The summed E-state index contributed by atoms with van der Waals surface area (Å²) in [5, 5.41) is 0. The molecule has 0 spiro atoms. The van der Waals surface area contributed by atoms with Gasteiger partial charge in [-0.25, -0.2) is 0 Å². The van der Waals surface area contributed by atoms with Crippen LogP contribution < -0.4 is 0 Å². The predicted molar refractivity (Wildman–Crippen MR) is 58.0 cm³/mol. The molecule has 0 aromatic rings. The van der Waals surface area contributed by atoms with Gasteiger partial charge >= 0.3 is 0 Å². The maximum Gasteiger partial charge on any atom is 0.236 e. The maximum atomic E-state index is 11.7. The molecule has 0 radical (unpaired) electrons. The van der Waals surface area contributed by atoms with Gasteiger partial charge in [0, 0.05) is 12.6 Å². The zero-order valence-corrected chi connectivity index (χ0v) is 10.0. The highest BCUT2D eigenvalue weighted by Crippen LogP contribution is 2.18. The average Bonchev–Trinajstić information content (AvgIpc) is 2.28. The van der Waals surface area contributed by atoms with E-state index in [9.17, 15) is 4.79 Å². The second-order valence-corrected chi connectivity index (χ2v) is 5.22. The van der Waals surface area contributed by atoms with Gasteiger partial charge in [0.05, 0.1) is 4.83 Å². The van der Waals surface area contributed by atoms with E-state index in [0.29, 0.717) is 6.04 Å². The fraction of sp³-hybridized carbons (Fsp3) is 0.900. The number of nitrogens with zero attached hydrogens (tertiary/aromatic N) is 1. The molecule has 1 heterocycles. The Balaban J connectivity index is 2.58. The molecule has 1 aliphatic heterocycles. The molecule has 0 saturated carbocycles. The van der Waals surface area contributed by atoms with Crippen molar-refractivity contribution in [1.82, 2.24) is 4.90 Å². The standard InChI is InChI=1S/C10H18BrNO/c1-8-6-4-3-5-7-12(8)10(13)9(2)11/h8-9H,3-7H2,1-2H3. The van der Waals surface area contributed by atoms with Crippen LogP contribution in [0.4, 0.5) is 0 Å². The molecule has 0 aromatic heterocycles. The van der Waals surface area contributed by atoms with Gasteiger partial charge in [-0.2, -0.15) is 0 Å². The Morgan fingerprint density at radius 3 is 2.77 bits per heavy atom. The van der Waals surface area contributed by atoms with Crippen LogP contribution in [0.3, 0.4) is 0 Å². The van der Waals surface area contributed by atoms with Crippen LogP contribution in [0.15, 0.2) is 0 Å². The smallest absolute Gasteiger partial charge is 0.236 e. The first-order valence-electron chi connectivity index (χ1n) is 5.07. The van der Waals surface area contributed by atoms with Crippen molar-refractivity contribution in [1.29, 1.82) is 0 Å². The Kier molecular flexibility index (Phi) is 4.23. The van der Waals surface area contributed by atoms with Gasteiger partial charge in [0.1, 0.15) is 0 Å². The number of rotatable bonds is 1. The van der Waals surface area contributed by atoms with Crippen LogP contribution in [0.5, 0.6) is 0 Å². The summed E-state index contributed by atoms with van der Waals surface area (Å²) in [6.07, 6.45) is 4.85. The van der Waals surface area contributed by atoms with E-state index in [4.69, 9.17) is 0 Å². The Morgan fingerprint density at radius 1 is 1.46 bits per heavy atom. The quantitative estimate of drug-likeness (QED) is 0.653. The first-order chi connectivity index (χ1) is 6.13. The number of halogens is 1. The van der Waals surface area contributed by atoms with E-state index >= 15 is 0 Å². The van der Waals surface area contributed by atoms with Gasteiger partial charge < -0.3 is 4.90 Å². The largest absolute Gasteiger partial charge is 0.339 e. The summed E-state index contributed by atoms with van der Waals surface area (Å²) in [6.45, 7) is 4.99. The van der Waals surface area contributed by atoms with Crippen LogP contribution >= 0.6 is 15.9 Å². The van der Waals surface area contributed by atoms with Gasteiger partial charge in [-0.15, -0.1) is 0 Å². The van der Waals surface area contributed by atoms with Crippen LogP contribution in [-0.4, -0.2) is 28.2 Å². The van der Waals surface area contributed by atoms with Crippen LogP contribution in [-0.2, 0) is 4.79 Å². The molecule has 0 aromatic carbocycles. The van der Waals surface area contributed by atoms with E-state index in [1.807, 2.05) is 11.8 Å². The van der Waals surface area contributed by atoms with Crippen molar-refractivity contribution >= 4 is 21.8 Å². The van der Waals surface area contributed by atoms with Gasteiger partial charge in [-0.1, -0.05) is 28.8 Å². The predicted octanol–water partition coefficient (Wildman–Crippen LogP) is 2.56. The Labute approximate surface area is 88.8 Å². The van der Waals surface area contributed by atoms with Gasteiger partial charge in [-0.05, 0) is 26.7 Å². The van der Waals surface area contributed by atoms with Gasteiger partial charge in [0.15, 0.2) is 0 Å². The topological polar surface area (TPSA) is 20.3 Å². The summed E-state index contributed by atoms with van der Waals surface area (Å²) < 4.78 is 0. The summed E-state index contributed by atoms with van der Waals surface area (Å²) in [6, 6.07) is 0.426. The van der Waals surface area contributed by atoms with Crippen LogP contribution in [0.2, 0.25) is 0 Å². The van der Waals surface area contributed by atoms with E-state index in [1.54, 1.807) is 0 Å². The lowest BCUT2D eigenvalue weighted by Gasteiger charge is -2.28. The Morgan fingerprint density at radius 2 is 2.15 bits per heavy atom. The highest BCUT2D eigenvalue weighted by atomic mass is 79.9. The number of carbonyl (C=O) groups is 1. The minimum absolute atomic E-state index is 0.0342. The van der Waals surface area contributed by atoms with Crippen LogP contribution in [0.25, 0.3) is 0 Å². The zero-order chi connectivity index (χ0) is 9.84. The third-order valence-electron chi connectivity index (χ3n) is 2.68. The van der Waals surface area contributed by atoms with Crippen LogP contribution in [0.1, 0.15) is 39.5 Å². The fourth-order valence-corrected chi connectivity index (χ4v) is 2.09. The normalized spacial score (nSPS) is 26.7. The molecule has 3 heteroatoms. The van der Waals surface area contributed by atoms with Crippen molar-refractivity contribution in [3.05, 3.63) is 0 Å². The molecule has 2 nitrogen and oxygen atoms in total. The lowest BCUT2D eigenvalue weighted by molar-refractivity contribution is -0.132. The third kappa shape index (κ3) is 2.97. The molecule has 76 valence electrons. The average molecular weight is 248 g/mol. The molecule has 1 rings (SSSR count). The molecule has 0 bridgehead atoms. The first-order valence-corrected chi connectivity index (χ1v) is 5.99. The molecule has 2 unspecified atom stereocenters. The Bertz CT molecular complexity index is 182. The molecule has 0 aliphatic carbocycles. The van der Waals surface area contributed by atoms with Crippen molar-refractivity contribution in [2.45, 2.75) is 50.4 Å². The van der Waals surface area contributed by atoms with Crippen LogP contribution in [0, 0.1) is 0 Å². The summed E-state index contributed by atoms with van der Waals surface area (Å²) in [7, 11) is 0. The zero-order valence-electron chi connectivity index (χ0n) is 8.42. The Hall–Kier alpha value is -0.0500. The number of carbonyl (C=O) groups excluding carboxylic acids is 1. The van der Waals surface area contributed by atoms with Crippen molar-refractivity contribution in [2.24, 2.45) is 0 Å². The van der Waals surface area contributed by atoms with E-state index in [1.165, 1.54) is 12.8 Å². The molecule has 1 amide bonds. The molecule has 2 atom stereocenters. The van der Waals surface area contributed by atoms with Crippen molar-refractivity contribution in [2.75, 3.05) is 6.54 Å². The minimum Gasteiger partial charge on any atom is -0.339 e. The molecular weight excluding hydrogens is 230 g/mol. The van der Waals surface area contributed by atoms with Gasteiger partial charge in [-0.3, -0.25) is 4.79 Å².